The Balaban J connectivity index is 2.14. The lowest BCUT2D eigenvalue weighted by atomic mass is 9.89. The lowest BCUT2D eigenvalue weighted by Gasteiger charge is -2.24. The van der Waals surface area contributed by atoms with Crippen molar-refractivity contribution in [2.24, 2.45) is 5.92 Å². The van der Waals surface area contributed by atoms with Gasteiger partial charge < -0.3 is 10.4 Å². The molecule has 17 heavy (non-hydrogen) atoms. The van der Waals surface area contributed by atoms with Crippen LogP contribution in [0, 0.1) is 12.8 Å². The zero-order valence-corrected chi connectivity index (χ0v) is 9.69. The van der Waals surface area contributed by atoms with Gasteiger partial charge in [-0.05, 0) is 31.4 Å². The maximum atomic E-state index is 11.8. The van der Waals surface area contributed by atoms with E-state index in [9.17, 15) is 9.59 Å². The minimum absolute atomic E-state index is 0.0409. The SMILES string of the molecule is Cc1ccc2c(c1)CC(CCC(=O)O)C(=O)N2. The van der Waals surface area contributed by atoms with Gasteiger partial charge in [0.05, 0.1) is 0 Å². The third-order valence-electron chi connectivity index (χ3n) is 3.06. The fourth-order valence-electron chi connectivity index (χ4n) is 2.14. The molecular formula is C13H15NO3. The van der Waals surface area contributed by atoms with Gasteiger partial charge in [-0.3, -0.25) is 9.59 Å². The Bertz CT molecular complexity index is 468. The molecule has 1 heterocycles. The van der Waals surface area contributed by atoms with Gasteiger partial charge in [-0.2, -0.15) is 0 Å². The highest BCUT2D eigenvalue weighted by Gasteiger charge is 2.26. The standard InChI is InChI=1S/C13H15NO3/c1-8-2-4-11-10(6-8)7-9(13(17)14-11)3-5-12(15)16/h2,4,6,9H,3,5,7H2,1H3,(H,14,17)(H,15,16). The lowest BCUT2D eigenvalue weighted by Crippen LogP contribution is -2.30. The van der Waals surface area contributed by atoms with Crippen LogP contribution in [0.1, 0.15) is 24.0 Å². The molecule has 0 spiro atoms. The summed E-state index contributed by atoms with van der Waals surface area (Å²) < 4.78 is 0. The van der Waals surface area contributed by atoms with E-state index in [-0.39, 0.29) is 18.2 Å². The minimum atomic E-state index is -0.854. The molecule has 0 fully saturated rings. The number of aliphatic carboxylic acids is 1. The number of carbonyl (C=O) groups excluding carboxylic acids is 1. The summed E-state index contributed by atoms with van der Waals surface area (Å²) in [5, 5.41) is 11.5. The lowest BCUT2D eigenvalue weighted by molar-refractivity contribution is -0.137. The third-order valence-corrected chi connectivity index (χ3v) is 3.06. The van der Waals surface area contributed by atoms with E-state index in [0.717, 1.165) is 16.8 Å². The number of amides is 1. The number of rotatable bonds is 3. The zero-order chi connectivity index (χ0) is 12.4. The van der Waals surface area contributed by atoms with Gasteiger partial charge in [0.2, 0.25) is 5.91 Å². The average molecular weight is 233 g/mol. The molecule has 1 unspecified atom stereocenters. The van der Waals surface area contributed by atoms with E-state index in [4.69, 9.17) is 5.11 Å². The number of benzene rings is 1. The summed E-state index contributed by atoms with van der Waals surface area (Å²) >= 11 is 0. The highest BCUT2D eigenvalue weighted by Crippen LogP contribution is 2.28. The Morgan fingerprint density at radius 3 is 3.00 bits per heavy atom. The largest absolute Gasteiger partial charge is 0.481 e. The molecule has 1 amide bonds. The summed E-state index contributed by atoms with van der Waals surface area (Å²) in [5.41, 5.74) is 3.10. The van der Waals surface area contributed by atoms with Crippen molar-refractivity contribution in [2.75, 3.05) is 5.32 Å². The Hall–Kier alpha value is -1.84. The van der Waals surface area contributed by atoms with Gasteiger partial charge in [0.1, 0.15) is 0 Å². The average Bonchev–Trinajstić information content (AvgIpc) is 2.26. The minimum Gasteiger partial charge on any atom is -0.481 e. The van der Waals surface area contributed by atoms with Crippen molar-refractivity contribution < 1.29 is 14.7 Å². The van der Waals surface area contributed by atoms with Crippen molar-refractivity contribution >= 4 is 17.6 Å². The Kier molecular flexibility index (Phi) is 3.13. The van der Waals surface area contributed by atoms with Crippen LogP contribution in [0.4, 0.5) is 5.69 Å². The van der Waals surface area contributed by atoms with Crippen molar-refractivity contribution in [1.82, 2.24) is 0 Å². The second kappa shape index (κ2) is 4.57. The van der Waals surface area contributed by atoms with E-state index < -0.39 is 5.97 Å². The second-order valence-corrected chi connectivity index (χ2v) is 4.48. The first-order valence-corrected chi connectivity index (χ1v) is 5.68. The first kappa shape index (κ1) is 11.6. The van der Waals surface area contributed by atoms with Crippen LogP contribution in [0.2, 0.25) is 0 Å². The van der Waals surface area contributed by atoms with E-state index >= 15 is 0 Å². The molecule has 2 N–H and O–H groups in total. The highest BCUT2D eigenvalue weighted by atomic mass is 16.4. The molecule has 4 heteroatoms. The van der Waals surface area contributed by atoms with E-state index in [2.05, 4.69) is 5.32 Å². The Labute approximate surface area is 99.6 Å². The van der Waals surface area contributed by atoms with Crippen LogP contribution >= 0.6 is 0 Å². The maximum absolute atomic E-state index is 11.8. The molecule has 1 aliphatic rings. The first-order chi connectivity index (χ1) is 8.06. The molecule has 1 atom stereocenters. The maximum Gasteiger partial charge on any atom is 0.303 e. The molecule has 1 aliphatic heterocycles. The fourth-order valence-corrected chi connectivity index (χ4v) is 2.14. The van der Waals surface area contributed by atoms with Crippen LogP contribution in [0.15, 0.2) is 18.2 Å². The van der Waals surface area contributed by atoms with E-state index in [0.29, 0.717) is 12.8 Å². The van der Waals surface area contributed by atoms with E-state index in [1.54, 1.807) is 0 Å². The number of hydrogen-bond acceptors (Lipinski definition) is 2. The summed E-state index contributed by atoms with van der Waals surface area (Å²) in [6, 6.07) is 5.90. The highest BCUT2D eigenvalue weighted by molar-refractivity contribution is 5.95. The molecular weight excluding hydrogens is 218 g/mol. The van der Waals surface area contributed by atoms with Crippen LogP contribution in [0.25, 0.3) is 0 Å². The van der Waals surface area contributed by atoms with E-state index in [1.807, 2.05) is 25.1 Å². The van der Waals surface area contributed by atoms with Crippen molar-refractivity contribution in [3.05, 3.63) is 29.3 Å². The number of carboxylic acids is 1. The molecule has 1 aromatic carbocycles. The molecule has 0 radical (unpaired) electrons. The number of nitrogens with one attached hydrogen (secondary N) is 1. The van der Waals surface area contributed by atoms with Crippen LogP contribution in [-0.2, 0) is 16.0 Å². The molecule has 0 aliphatic carbocycles. The predicted molar refractivity (Wildman–Crippen MR) is 63.9 cm³/mol. The molecule has 0 bridgehead atoms. The van der Waals surface area contributed by atoms with E-state index in [1.165, 1.54) is 0 Å². The summed E-state index contributed by atoms with van der Waals surface area (Å²) in [7, 11) is 0. The van der Waals surface area contributed by atoms with Crippen LogP contribution in [0.3, 0.4) is 0 Å². The normalized spacial score (nSPS) is 18.4. The summed E-state index contributed by atoms with van der Waals surface area (Å²) in [4.78, 5) is 22.3. The molecule has 90 valence electrons. The third kappa shape index (κ3) is 2.64. The molecule has 0 saturated carbocycles. The number of hydrogen-bond donors (Lipinski definition) is 2. The first-order valence-electron chi connectivity index (χ1n) is 5.68. The van der Waals surface area contributed by atoms with Gasteiger partial charge in [-0.25, -0.2) is 0 Å². The smallest absolute Gasteiger partial charge is 0.303 e. The number of aryl methyl sites for hydroxylation is 1. The monoisotopic (exact) mass is 233 g/mol. The summed E-state index contributed by atoms with van der Waals surface area (Å²) in [6.45, 7) is 2.00. The number of anilines is 1. The Morgan fingerprint density at radius 2 is 2.29 bits per heavy atom. The van der Waals surface area contributed by atoms with Gasteiger partial charge in [0.15, 0.2) is 0 Å². The number of carboxylic acid groups (broad SMARTS) is 1. The van der Waals surface area contributed by atoms with Gasteiger partial charge in [-0.15, -0.1) is 0 Å². The molecule has 2 rings (SSSR count). The zero-order valence-electron chi connectivity index (χ0n) is 9.69. The molecule has 1 aromatic rings. The van der Waals surface area contributed by atoms with Crippen LogP contribution in [0.5, 0.6) is 0 Å². The molecule has 0 saturated heterocycles. The van der Waals surface area contributed by atoms with Crippen LogP contribution in [-0.4, -0.2) is 17.0 Å². The van der Waals surface area contributed by atoms with Crippen LogP contribution < -0.4 is 5.32 Å². The molecule has 0 aromatic heterocycles. The van der Waals surface area contributed by atoms with Gasteiger partial charge in [0, 0.05) is 18.0 Å². The quantitative estimate of drug-likeness (QED) is 0.838. The topological polar surface area (TPSA) is 66.4 Å². The summed E-state index contributed by atoms with van der Waals surface area (Å²) in [5.74, 6) is -1.14. The fraction of sp³-hybridized carbons (Fsp3) is 0.385. The molecule has 4 nitrogen and oxygen atoms in total. The van der Waals surface area contributed by atoms with Crippen molar-refractivity contribution in [3.63, 3.8) is 0 Å². The number of fused-ring (bicyclic) bond motifs is 1. The second-order valence-electron chi connectivity index (χ2n) is 4.48. The van der Waals surface area contributed by atoms with Gasteiger partial charge in [0.25, 0.3) is 0 Å². The van der Waals surface area contributed by atoms with Gasteiger partial charge in [-0.1, -0.05) is 17.7 Å². The van der Waals surface area contributed by atoms with Crippen molar-refractivity contribution in [2.45, 2.75) is 26.2 Å². The summed E-state index contributed by atoms with van der Waals surface area (Å²) in [6.07, 6.45) is 1.07. The predicted octanol–water partition coefficient (Wildman–Crippen LogP) is 1.97. The Morgan fingerprint density at radius 1 is 1.53 bits per heavy atom. The van der Waals surface area contributed by atoms with Gasteiger partial charge >= 0.3 is 5.97 Å². The van der Waals surface area contributed by atoms with Crippen molar-refractivity contribution in [3.8, 4) is 0 Å². The number of carbonyl (C=O) groups is 2. The van der Waals surface area contributed by atoms with Crippen molar-refractivity contribution in [1.29, 1.82) is 0 Å².